The molecule has 0 radical (unpaired) electrons. The van der Waals surface area contributed by atoms with Crippen LogP contribution in [0.1, 0.15) is 6.42 Å². The summed E-state index contributed by atoms with van der Waals surface area (Å²) in [7, 11) is 0. The summed E-state index contributed by atoms with van der Waals surface area (Å²) in [6.45, 7) is 0. The number of nitrogens with zero attached hydrogens (tertiary/aromatic N) is 1. The van der Waals surface area contributed by atoms with Crippen molar-refractivity contribution in [1.29, 1.82) is 0 Å². The van der Waals surface area contributed by atoms with Gasteiger partial charge in [-0.2, -0.15) is 0 Å². The second-order valence-corrected chi connectivity index (χ2v) is 2.75. The van der Waals surface area contributed by atoms with Crippen LogP contribution in [0.25, 0.3) is 12.2 Å². The fourth-order valence-corrected chi connectivity index (χ4v) is 1.28. The summed E-state index contributed by atoms with van der Waals surface area (Å²) < 4.78 is 0. The maximum Gasteiger partial charge on any atom is 0.0674 e. The molecule has 1 heterocycles. The molecule has 1 atom stereocenters. The first kappa shape index (κ1) is 6.55. The molecule has 0 saturated heterocycles. The number of hydrogen-bond donors (Lipinski definition) is 1. The van der Waals surface area contributed by atoms with Gasteiger partial charge in [0.1, 0.15) is 0 Å². The van der Waals surface area contributed by atoms with Crippen molar-refractivity contribution < 1.29 is 0 Å². The van der Waals surface area contributed by atoms with Crippen molar-refractivity contribution in [3.63, 3.8) is 0 Å². The maximum atomic E-state index is 5.72. The lowest BCUT2D eigenvalue weighted by molar-refractivity contribution is 0.879. The van der Waals surface area contributed by atoms with E-state index < -0.39 is 0 Å². The molecule has 1 aliphatic rings. The summed E-state index contributed by atoms with van der Waals surface area (Å²) in [5.41, 5.74) is 5.72. The minimum Gasteiger partial charge on any atom is -0.324 e. The highest BCUT2D eigenvalue weighted by atomic mass is 14.7. The van der Waals surface area contributed by atoms with Gasteiger partial charge in [0.2, 0.25) is 0 Å². The van der Waals surface area contributed by atoms with Crippen molar-refractivity contribution >= 4 is 12.2 Å². The molecule has 0 amide bonds. The lowest BCUT2D eigenvalue weighted by Crippen LogP contribution is -2.35. The van der Waals surface area contributed by atoms with Crippen LogP contribution in [0, 0.1) is 0 Å². The molecule has 1 aromatic heterocycles. The molecule has 2 rings (SSSR count). The number of rotatable bonds is 0. The second-order valence-electron chi connectivity index (χ2n) is 2.75. The SMILES string of the molecule is NC1C=c2ncccc2=CC1. The second kappa shape index (κ2) is 2.47. The zero-order valence-corrected chi connectivity index (χ0v) is 6.20. The van der Waals surface area contributed by atoms with Gasteiger partial charge in [0.25, 0.3) is 0 Å². The predicted molar refractivity (Wildman–Crippen MR) is 45.0 cm³/mol. The van der Waals surface area contributed by atoms with Crippen molar-refractivity contribution in [1.82, 2.24) is 4.98 Å². The average molecular weight is 146 g/mol. The summed E-state index contributed by atoms with van der Waals surface area (Å²) >= 11 is 0. The van der Waals surface area contributed by atoms with Crippen LogP contribution in [0.2, 0.25) is 0 Å². The summed E-state index contributed by atoms with van der Waals surface area (Å²) in [4.78, 5) is 4.20. The van der Waals surface area contributed by atoms with E-state index in [4.69, 9.17) is 5.73 Å². The quantitative estimate of drug-likeness (QED) is 0.529. The molecule has 0 bridgehead atoms. The largest absolute Gasteiger partial charge is 0.324 e. The molecular formula is C9H10N2. The van der Waals surface area contributed by atoms with Crippen LogP contribution < -0.4 is 16.3 Å². The first-order valence-corrected chi connectivity index (χ1v) is 3.75. The number of nitrogens with two attached hydrogens (primary N) is 1. The molecule has 0 aliphatic heterocycles. The Kier molecular flexibility index (Phi) is 1.47. The summed E-state index contributed by atoms with van der Waals surface area (Å²) in [5, 5.41) is 2.22. The van der Waals surface area contributed by atoms with Gasteiger partial charge in [-0.15, -0.1) is 0 Å². The molecule has 1 aromatic rings. The van der Waals surface area contributed by atoms with Crippen molar-refractivity contribution in [2.45, 2.75) is 12.5 Å². The normalized spacial score (nSPS) is 21.4. The third-order valence-corrected chi connectivity index (χ3v) is 1.85. The Hall–Kier alpha value is -1.15. The van der Waals surface area contributed by atoms with E-state index >= 15 is 0 Å². The van der Waals surface area contributed by atoms with Crippen LogP contribution in [-0.4, -0.2) is 11.0 Å². The first-order chi connectivity index (χ1) is 5.36. The molecule has 2 N–H and O–H groups in total. The first-order valence-electron chi connectivity index (χ1n) is 3.75. The van der Waals surface area contributed by atoms with E-state index in [1.807, 2.05) is 12.1 Å². The third-order valence-electron chi connectivity index (χ3n) is 1.85. The molecule has 11 heavy (non-hydrogen) atoms. The molecule has 2 heteroatoms. The summed E-state index contributed by atoms with van der Waals surface area (Å²) in [6, 6.07) is 4.16. The van der Waals surface area contributed by atoms with Gasteiger partial charge in [-0.3, -0.25) is 4.98 Å². The van der Waals surface area contributed by atoms with Crippen LogP contribution in [0.4, 0.5) is 0 Å². The zero-order valence-electron chi connectivity index (χ0n) is 6.20. The van der Waals surface area contributed by atoms with E-state index in [1.54, 1.807) is 6.20 Å². The number of fused-ring (bicyclic) bond motifs is 1. The summed E-state index contributed by atoms with van der Waals surface area (Å²) in [5.74, 6) is 0. The van der Waals surface area contributed by atoms with Gasteiger partial charge in [-0.1, -0.05) is 12.1 Å². The van der Waals surface area contributed by atoms with E-state index in [-0.39, 0.29) is 6.04 Å². The molecule has 0 aromatic carbocycles. The minimum absolute atomic E-state index is 0.150. The highest BCUT2D eigenvalue weighted by Crippen LogP contribution is 1.92. The van der Waals surface area contributed by atoms with Gasteiger partial charge >= 0.3 is 0 Å². The molecule has 56 valence electrons. The Morgan fingerprint density at radius 2 is 2.45 bits per heavy atom. The van der Waals surface area contributed by atoms with Crippen molar-refractivity contribution in [2.24, 2.45) is 5.73 Å². The standard InChI is InChI=1S/C9H10N2/c10-8-4-3-7-2-1-5-11-9(7)6-8/h1-3,5-6,8H,4,10H2. The molecule has 0 saturated carbocycles. The van der Waals surface area contributed by atoms with Crippen LogP contribution >= 0.6 is 0 Å². The molecule has 2 nitrogen and oxygen atoms in total. The molecule has 0 fully saturated rings. The Morgan fingerprint density at radius 1 is 1.55 bits per heavy atom. The molecule has 1 aliphatic carbocycles. The van der Waals surface area contributed by atoms with Gasteiger partial charge < -0.3 is 5.73 Å². The number of hydrogen-bond acceptors (Lipinski definition) is 2. The predicted octanol–water partition coefficient (Wildman–Crippen LogP) is -0.626. The Balaban J connectivity index is 2.73. The van der Waals surface area contributed by atoms with Crippen LogP contribution in [0.3, 0.4) is 0 Å². The minimum atomic E-state index is 0.150. The number of aromatic nitrogens is 1. The monoisotopic (exact) mass is 146 g/mol. The van der Waals surface area contributed by atoms with Gasteiger partial charge in [-0.05, 0) is 23.8 Å². The Morgan fingerprint density at radius 3 is 3.36 bits per heavy atom. The highest BCUT2D eigenvalue weighted by molar-refractivity contribution is 5.40. The molecular weight excluding hydrogens is 136 g/mol. The lowest BCUT2D eigenvalue weighted by Gasteiger charge is -2.05. The van der Waals surface area contributed by atoms with Crippen LogP contribution in [0.15, 0.2) is 18.3 Å². The average Bonchev–Trinajstić information content (AvgIpc) is 2.04. The van der Waals surface area contributed by atoms with Gasteiger partial charge in [-0.25, -0.2) is 0 Å². The fraction of sp³-hybridized carbons (Fsp3) is 0.222. The molecule has 1 unspecified atom stereocenters. The van der Waals surface area contributed by atoms with Gasteiger partial charge in [0.05, 0.1) is 5.35 Å². The maximum absolute atomic E-state index is 5.72. The summed E-state index contributed by atoms with van der Waals surface area (Å²) in [6.07, 6.45) is 6.86. The van der Waals surface area contributed by atoms with Crippen molar-refractivity contribution in [3.05, 3.63) is 28.9 Å². The van der Waals surface area contributed by atoms with Gasteiger partial charge in [0, 0.05) is 12.2 Å². The van der Waals surface area contributed by atoms with Crippen LogP contribution in [0.5, 0.6) is 0 Å². The van der Waals surface area contributed by atoms with E-state index in [0.29, 0.717) is 0 Å². The Labute approximate surface area is 65.1 Å². The third kappa shape index (κ3) is 1.17. The van der Waals surface area contributed by atoms with Crippen LogP contribution in [-0.2, 0) is 0 Å². The van der Waals surface area contributed by atoms with E-state index in [9.17, 15) is 0 Å². The zero-order chi connectivity index (χ0) is 7.68. The fourth-order valence-electron chi connectivity index (χ4n) is 1.28. The van der Waals surface area contributed by atoms with Crippen molar-refractivity contribution in [2.75, 3.05) is 0 Å². The highest BCUT2D eigenvalue weighted by Gasteiger charge is 2.00. The lowest BCUT2D eigenvalue weighted by atomic mass is 10.1. The number of pyridine rings is 1. The van der Waals surface area contributed by atoms with Gasteiger partial charge in [0.15, 0.2) is 0 Å². The van der Waals surface area contributed by atoms with Crippen molar-refractivity contribution in [3.8, 4) is 0 Å². The topological polar surface area (TPSA) is 38.9 Å². The smallest absolute Gasteiger partial charge is 0.0674 e. The van der Waals surface area contributed by atoms with E-state index in [1.165, 1.54) is 5.22 Å². The molecule has 0 spiro atoms. The van der Waals surface area contributed by atoms with E-state index in [2.05, 4.69) is 17.1 Å². The van der Waals surface area contributed by atoms with E-state index in [0.717, 1.165) is 11.8 Å². The Bertz CT molecular complexity index is 367.